The normalized spacial score (nSPS) is 22.1. The second-order valence-corrected chi connectivity index (χ2v) is 7.78. The molecular formula is C22H20FN5O2. The van der Waals surface area contributed by atoms with Gasteiger partial charge in [-0.1, -0.05) is 36.4 Å². The van der Waals surface area contributed by atoms with Crippen molar-refractivity contribution in [3.8, 4) is 0 Å². The molecule has 3 heterocycles. The molecule has 1 fully saturated rings. The number of anilines is 1. The molecule has 0 bridgehead atoms. The van der Waals surface area contributed by atoms with Gasteiger partial charge in [-0.05, 0) is 35.4 Å². The van der Waals surface area contributed by atoms with Crippen LogP contribution < -0.4 is 10.2 Å². The molecule has 8 heteroatoms. The van der Waals surface area contributed by atoms with E-state index in [4.69, 9.17) is 0 Å². The smallest absolute Gasteiger partial charge is 0.275 e. The zero-order valence-electron chi connectivity index (χ0n) is 16.3. The number of fused-ring (bicyclic) bond motifs is 3. The van der Waals surface area contributed by atoms with Crippen molar-refractivity contribution in [3.05, 3.63) is 77.5 Å². The predicted octanol–water partition coefficient (Wildman–Crippen LogP) is 2.34. The number of rotatable bonds is 4. The number of hydrogen-bond acceptors (Lipinski definition) is 4. The Morgan fingerprint density at radius 2 is 2.03 bits per heavy atom. The van der Waals surface area contributed by atoms with Crippen molar-refractivity contribution in [1.82, 2.24) is 20.1 Å². The van der Waals surface area contributed by atoms with E-state index in [9.17, 15) is 14.0 Å². The van der Waals surface area contributed by atoms with Gasteiger partial charge < -0.3 is 5.32 Å². The molecule has 3 atom stereocenters. The van der Waals surface area contributed by atoms with Crippen molar-refractivity contribution in [1.29, 1.82) is 0 Å². The number of nitrogens with zero attached hydrogens (tertiary/aromatic N) is 4. The first kappa shape index (κ1) is 18.5. The maximum Gasteiger partial charge on any atom is 0.275 e. The van der Waals surface area contributed by atoms with Gasteiger partial charge in [0.15, 0.2) is 11.5 Å². The Bertz CT molecular complexity index is 1130. The first-order valence-electron chi connectivity index (χ1n) is 9.83. The van der Waals surface area contributed by atoms with Gasteiger partial charge in [0.1, 0.15) is 11.9 Å². The number of benzene rings is 1. The van der Waals surface area contributed by atoms with Crippen LogP contribution in [-0.2, 0) is 11.3 Å². The molecule has 2 aliphatic rings. The van der Waals surface area contributed by atoms with Crippen LogP contribution >= 0.6 is 0 Å². The fraction of sp³-hybridized carbons (Fsp3) is 0.273. The fourth-order valence-corrected chi connectivity index (χ4v) is 4.20. The van der Waals surface area contributed by atoms with Crippen molar-refractivity contribution >= 4 is 17.6 Å². The number of nitrogens with one attached hydrogen (secondary N) is 1. The fourth-order valence-electron chi connectivity index (χ4n) is 4.20. The molecule has 2 aromatic heterocycles. The van der Waals surface area contributed by atoms with E-state index in [1.165, 1.54) is 15.8 Å². The Labute approximate surface area is 172 Å². The third-order valence-corrected chi connectivity index (χ3v) is 5.80. The third kappa shape index (κ3) is 3.14. The van der Waals surface area contributed by atoms with E-state index >= 15 is 0 Å². The standard InChI is InChI=1S/C22H20FN5O2/c1-27-20-14(8-5-9-24-20)15-10-16(15)18(22(27)30)25-21(29)19-17(23)12-28(26-19)11-13-6-3-2-4-7-13/h2-9,12,15-16,18H,10-11H2,1H3,(H,25,29)/t15-,16?,18-/m0/s1. The van der Waals surface area contributed by atoms with Gasteiger partial charge in [0.2, 0.25) is 0 Å². The van der Waals surface area contributed by atoms with Crippen LogP contribution in [0.3, 0.4) is 0 Å². The summed E-state index contributed by atoms with van der Waals surface area (Å²) in [5.74, 6) is -0.898. The number of pyridine rings is 1. The Kier molecular flexibility index (Phi) is 4.34. The highest BCUT2D eigenvalue weighted by atomic mass is 19.1. The summed E-state index contributed by atoms with van der Waals surface area (Å²) in [5, 5.41) is 6.83. The molecule has 5 rings (SSSR count). The van der Waals surface area contributed by atoms with Gasteiger partial charge >= 0.3 is 0 Å². The predicted molar refractivity (Wildman–Crippen MR) is 107 cm³/mol. The molecule has 1 N–H and O–H groups in total. The lowest BCUT2D eigenvalue weighted by Gasteiger charge is -2.22. The van der Waals surface area contributed by atoms with Gasteiger partial charge in [-0.15, -0.1) is 0 Å². The highest BCUT2D eigenvalue weighted by molar-refractivity contribution is 6.02. The SMILES string of the molecule is CN1C(=O)[C@@H](NC(=O)c2nn(Cc3ccccc3)cc2F)C2C[C@H]2c2cccnc21. The summed E-state index contributed by atoms with van der Waals surface area (Å²) in [7, 11) is 1.65. The van der Waals surface area contributed by atoms with Gasteiger partial charge in [0.25, 0.3) is 11.8 Å². The quantitative estimate of drug-likeness (QED) is 0.723. The van der Waals surface area contributed by atoms with E-state index < -0.39 is 17.8 Å². The van der Waals surface area contributed by atoms with Gasteiger partial charge in [0, 0.05) is 13.2 Å². The maximum absolute atomic E-state index is 14.4. The Balaban J connectivity index is 1.36. The molecule has 7 nitrogen and oxygen atoms in total. The van der Waals surface area contributed by atoms with Crippen LogP contribution in [-0.4, -0.2) is 39.7 Å². The minimum Gasteiger partial charge on any atom is -0.338 e. The summed E-state index contributed by atoms with van der Waals surface area (Å²) in [6.45, 7) is 0.349. The summed E-state index contributed by atoms with van der Waals surface area (Å²) in [5.41, 5.74) is 1.64. The van der Waals surface area contributed by atoms with Crippen molar-refractivity contribution in [2.75, 3.05) is 11.9 Å². The van der Waals surface area contributed by atoms with Crippen LogP contribution in [0.25, 0.3) is 0 Å². The zero-order chi connectivity index (χ0) is 20.8. The number of amides is 2. The second-order valence-electron chi connectivity index (χ2n) is 7.78. The van der Waals surface area contributed by atoms with E-state index in [0.29, 0.717) is 12.4 Å². The van der Waals surface area contributed by atoms with Crippen molar-refractivity contribution < 1.29 is 14.0 Å². The van der Waals surface area contributed by atoms with E-state index in [1.807, 2.05) is 42.5 Å². The molecule has 1 saturated carbocycles. The Morgan fingerprint density at radius 3 is 2.83 bits per heavy atom. The molecule has 1 aliphatic carbocycles. The lowest BCUT2D eigenvalue weighted by atomic mass is 10.1. The Hall–Kier alpha value is -3.55. The summed E-state index contributed by atoms with van der Waals surface area (Å²) >= 11 is 0. The molecule has 0 radical (unpaired) electrons. The molecule has 2 amide bonds. The first-order chi connectivity index (χ1) is 14.5. The van der Waals surface area contributed by atoms with Crippen LogP contribution in [0.1, 0.15) is 34.0 Å². The van der Waals surface area contributed by atoms with E-state index in [0.717, 1.165) is 17.5 Å². The van der Waals surface area contributed by atoms with Crippen LogP contribution in [0.5, 0.6) is 0 Å². The average Bonchev–Trinajstić information content (AvgIpc) is 3.47. The third-order valence-electron chi connectivity index (χ3n) is 5.80. The summed E-state index contributed by atoms with van der Waals surface area (Å²) in [6, 6.07) is 12.5. The van der Waals surface area contributed by atoms with Crippen LogP contribution in [0.15, 0.2) is 54.9 Å². The van der Waals surface area contributed by atoms with Gasteiger partial charge in [0.05, 0.1) is 12.7 Å². The van der Waals surface area contributed by atoms with Crippen LogP contribution in [0, 0.1) is 11.7 Å². The van der Waals surface area contributed by atoms with Crippen LogP contribution in [0.4, 0.5) is 10.2 Å². The largest absolute Gasteiger partial charge is 0.338 e. The molecule has 1 aromatic carbocycles. The average molecular weight is 405 g/mol. The minimum absolute atomic E-state index is 0.0242. The molecule has 152 valence electrons. The first-order valence-corrected chi connectivity index (χ1v) is 9.83. The number of hydrogen-bond donors (Lipinski definition) is 1. The lowest BCUT2D eigenvalue weighted by Crippen LogP contribution is -2.48. The zero-order valence-corrected chi connectivity index (χ0v) is 16.3. The molecule has 0 saturated heterocycles. The van der Waals surface area contributed by atoms with Gasteiger partial charge in [-0.2, -0.15) is 5.10 Å². The van der Waals surface area contributed by atoms with E-state index in [2.05, 4.69) is 15.4 Å². The lowest BCUT2D eigenvalue weighted by molar-refractivity contribution is -0.120. The van der Waals surface area contributed by atoms with E-state index in [1.54, 1.807) is 13.2 Å². The number of carbonyl (C=O) groups is 2. The number of halogens is 1. The number of carbonyl (C=O) groups excluding carboxylic acids is 2. The maximum atomic E-state index is 14.4. The number of likely N-dealkylation sites (N-methyl/N-ethyl adjacent to an activating group) is 1. The summed E-state index contributed by atoms with van der Waals surface area (Å²) in [4.78, 5) is 31.6. The summed E-state index contributed by atoms with van der Waals surface area (Å²) < 4.78 is 15.8. The van der Waals surface area contributed by atoms with Crippen LogP contribution in [0.2, 0.25) is 0 Å². The van der Waals surface area contributed by atoms with Crippen molar-refractivity contribution in [2.24, 2.45) is 5.92 Å². The van der Waals surface area contributed by atoms with Gasteiger partial charge in [-0.3, -0.25) is 19.2 Å². The van der Waals surface area contributed by atoms with Crippen molar-refractivity contribution in [2.45, 2.75) is 24.9 Å². The molecular weight excluding hydrogens is 385 g/mol. The topological polar surface area (TPSA) is 80.1 Å². The molecule has 1 aliphatic heterocycles. The molecule has 1 unspecified atom stereocenters. The monoisotopic (exact) mass is 405 g/mol. The molecule has 3 aromatic rings. The highest BCUT2D eigenvalue weighted by Gasteiger charge is 2.52. The Morgan fingerprint density at radius 1 is 1.23 bits per heavy atom. The van der Waals surface area contributed by atoms with E-state index in [-0.39, 0.29) is 23.4 Å². The second kappa shape index (κ2) is 7.05. The number of aromatic nitrogens is 3. The minimum atomic E-state index is -0.736. The van der Waals surface area contributed by atoms with Gasteiger partial charge in [-0.25, -0.2) is 9.37 Å². The molecule has 0 spiro atoms. The summed E-state index contributed by atoms with van der Waals surface area (Å²) in [6.07, 6.45) is 3.63. The van der Waals surface area contributed by atoms with Crippen molar-refractivity contribution in [3.63, 3.8) is 0 Å². The highest BCUT2D eigenvalue weighted by Crippen LogP contribution is 2.53. The molecule has 30 heavy (non-hydrogen) atoms.